The summed E-state index contributed by atoms with van der Waals surface area (Å²) in [6.45, 7) is 5.88. The zero-order valence-electron chi connectivity index (χ0n) is 19.1. The number of nitrogens with zero attached hydrogens (tertiary/aromatic N) is 7. The molecule has 1 fully saturated rings. The Bertz CT molecular complexity index is 1020. The van der Waals surface area contributed by atoms with Gasteiger partial charge in [0.05, 0.1) is 17.9 Å². The number of carbonyl (C=O) groups is 1. The molecule has 10 heteroatoms. The zero-order chi connectivity index (χ0) is 23.0. The predicted molar refractivity (Wildman–Crippen MR) is 125 cm³/mol. The fourth-order valence-electron chi connectivity index (χ4n) is 3.73. The van der Waals surface area contributed by atoms with E-state index in [2.05, 4.69) is 42.1 Å². The average Bonchev–Trinajstić information content (AvgIpc) is 3.30. The molecule has 0 aliphatic carbocycles. The molecule has 1 aliphatic rings. The predicted octanol–water partition coefficient (Wildman–Crippen LogP) is 1.91. The number of nitrogens with one attached hydrogen (secondary N) is 1. The second-order valence-corrected chi connectivity index (χ2v) is 8.06. The van der Waals surface area contributed by atoms with E-state index >= 15 is 0 Å². The first kappa shape index (κ1) is 22.5. The van der Waals surface area contributed by atoms with Gasteiger partial charge in [0, 0.05) is 45.5 Å². The van der Waals surface area contributed by atoms with Gasteiger partial charge in [0.15, 0.2) is 12.4 Å². The van der Waals surface area contributed by atoms with Crippen LogP contribution in [0.25, 0.3) is 0 Å². The molecule has 0 atom stereocenters. The summed E-state index contributed by atoms with van der Waals surface area (Å²) in [5.41, 5.74) is 1.92. The summed E-state index contributed by atoms with van der Waals surface area (Å²) in [5.74, 6) is 1.99. The fraction of sp³-hybridized carbons (Fsp3) is 0.435. The van der Waals surface area contributed by atoms with Crippen LogP contribution >= 0.6 is 0 Å². The van der Waals surface area contributed by atoms with E-state index in [0.29, 0.717) is 12.4 Å². The van der Waals surface area contributed by atoms with Crippen molar-refractivity contribution in [2.75, 3.05) is 49.6 Å². The SMILES string of the molecule is CCCc1cc(CN(C)C(=O)COc2ccc(N3CCN(c4ccccn4)CC3)nn2)[nH]n1. The van der Waals surface area contributed by atoms with E-state index in [9.17, 15) is 4.79 Å². The number of pyridine rings is 1. The van der Waals surface area contributed by atoms with Crippen LogP contribution in [0.3, 0.4) is 0 Å². The summed E-state index contributed by atoms with van der Waals surface area (Å²) in [7, 11) is 1.74. The van der Waals surface area contributed by atoms with Gasteiger partial charge in [0.2, 0.25) is 5.88 Å². The van der Waals surface area contributed by atoms with Crippen LogP contribution in [0, 0.1) is 0 Å². The highest BCUT2D eigenvalue weighted by atomic mass is 16.5. The number of aryl methyl sites for hydroxylation is 1. The lowest BCUT2D eigenvalue weighted by Crippen LogP contribution is -2.47. The largest absolute Gasteiger partial charge is 0.466 e. The van der Waals surface area contributed by atoms with Gasteiger partial charge in [0.25, 0.3) is 5.91 Å². The average molecular weight is 451 g/mol. The maximum Gasteiger partial charge on any atom is 0.260 e. The fourth-order valence-corrected chi connectivity index (χ4v) is 3.73. The summed E-state index contributed by atoms with van der Waals surface area (Å²) < 4.78 is 5.56. The number of anilines is 2. The molecule has 0 saturated carbocycles. The lowest BCUT2D eigenvalue weighted by atomic mass is 10.2. The molecule has 0 unspecified atom stereocenters. The highest BCUT2D eigenvalue weighted by molar-refractivity contribution is 5.77. The summed E-state index contributed by atoms with van der Waals surface area (Å²) in [6.07, 6.45) is 3.77. The molecule has 1 N–H and O–H groups in total. The molecule has 0 spiro atoms. The monoisotopic (exact) mass is 450 g/mol. The highest BCUT2D eigenvalue weighted by Crippen LogP contribution is 2.18. The van der Waals surface area contributed by atoms with Gasteiger partial charge < -0.3 is 19.4 Å². The number of rotatable bonds is 9. The number of piperazine rings is 1. The van der Waals surface area contributed by atoms with Crippen molar-refractivity contribution >= 4 is 17.5 Å². The van der Waals surface area contributed by atoms with E-state index in [4.69, 9.17) is 4.74 Å². The van der Waals surface area contributed by atoms with Crippen molar-refractivity contribution in [2.24, 2.45) is 0 Å². The van der Waals surface area contributed by atoms with E-state index in [1.807, 2.05) is 36.5 Å². The molecule has 0 radical (unpaired) electrons. The molecule has 4 rings (SSSR count). The second-order valence-electron chi connectivity index (χ2n) is 8.06. The van der Waals surface area contributed by atoms with Gasteiger partial charge in [-0.3, -0.25) is 9.89 Å². The van der Waals surface area contributed by atoms with Gasteiger partial charge in [-0.25, -0.2) is 4.98 Å². The van der Waals surface area contributed by atoms with Crippen molar-refractivity contribution in [3.8, 4) is 5.88 Å². The van der Waals surface area contributed by atoms with Crippen molar-refractivity contribution in [1.82, 2.24) is 30.3 Å². The Morgan fingerprint density at radius 2 is 1.88 bits per heavy atom. The van der Waals surface area contributed by atoms with E-state index in [1.54, 1.807) is 18.0 Å². The molecule has 10 nitrogen and oxygen atoms in total. The molecule has 1 amide bonds. The van der Waals surface area contributed by atoms with Crippen LogP contribution in [0.4, 0.5) is 11.6 Å². The van der Waals surface area contributed by atoms with Crippen molar-refractivity contribution in [2.45, 2.75) is 26.3 Å². The topological polar surface area (TPSA) is 103 Å². The number of likely N-dealkylation sites (N-methyl/N-ethyl adjacent to an activating group) is 1. The molecule has 3 aromatic heterocycles. The first-order valence-corrected chi connectivity index (χ1v) is 11.3. The molecular weight excluding hydrogens is 420 g/mol. The van der Waals surface area contributed by atoms with Crippen LogP contribution in [0.15, 0.2) is 42.6 Å². The first-order valence-electron chi connectivity index (χ1n) is 11.3. The zero-order valence-corrected chi connectivity index (χ0v) is 19.1. The molecule has 1 saturated heterocycles. The number of aromatic amines is 1. The van der Waals surface area contributed by atoms with E-state index in [0.717, 1.165) is 62.0 Å². The minimum Gasteiger partial charge on any atom is -0.466 e. The Labute approximate surface area is 193 Å². The maximum atomic E-state index is 12.4. The number of amides is 1. The van der Waals surface area contributed by atoms with Gasteiger partial charge >= 0.3 is 0 Å². The molecule has 33 heavy (non-hydrogen) atoms. The minimum atomic E-state index is -0.141. The Kier molecular flexibility index (Phi) is 7.33. The molecule has 3 aromatic rings. The third kappa shape index (κ3) is 5.97. The number of hydrogen-bond acceptors (Lipinski definition) is 8. The van der Waals surface area contributed by atoms with Crippen LogP contribution in [-0.4, -0.2) is 76.0 Å². The van der Waals surface area contributed by atoms with E-state index in [-0.39, 0.29) is 12.5 Å². The smallest absolute Gasteiger partial charge is 0.260 e. The molecule has 0 bridgehead atoms. The van der Waals surface area contributed by atoms with Crippen LogP contribution in [0.5, 0.6) is 5.88 Å². The molecule has 4 heterocycles. The van der Waals surface area contributed by atoms with Crippen molar-refractivity contribution < 1.29 is 9.53 Å². The summed E-state index contributed by atoms with van der Waals surface area (Å²) in [6, 6.07) is 11.6. The number of aromatic nitrogens is 5. The van der Waals surface area contributed by atoms with Gasteiger partial charge in [-0.15, -0.1) is 10.2 Å². The third-order valence-electron chi connectivity index (χ3n) is 5.57. The van der Waals surface area contributed by atoms with Gasteiger partial charge in [-0.1, -0.05) is 19.4 Å². The van der Waals surface area contributed by atoms with E-state index in [1.165, 1.54) is 0 Å². The second kappa shape index (κ2) is 10.8. The Hall–Kier alpha value is -3.69. The number of carbonyl (C=O) groups excluding carboxylic acids is 1. The van der Waals surface area contributed by atoms with Crippen molar-refractivity contribution in [1.29, 1.82) is 0 Å². The lowest BCUT2D eigenvalue weighted by molar-refractivity contribution is -0.132. The molecule has 0 aromatic carbocycles. The minimum absolute atomic E-state index is 0.0940. The van der Waals surface area contributed by atoms with E-state index < -0.39 is 0 Å². The normalized spacial score (nSPS) is 13.8. The van der Waals surface area contributed by atoms with Gasteiger partial charge in [-0.2, -0.15) is 5.10 Å². The number of ether oxygens (including phenoxy) is 1. The number of H-pyrrole nitrogens is 1. The number of hydrogen-bond donors (Lipinski definition) is 1. The van der Waals surface area contributed by atoms with Crippen LogP contribution in [0.1, 0.15) is 24.7 Å². The van der Waals surface area contributed by atoms with Crippen LogP contribution in [0.2, 0.25) is 0 Å². The lowest BCUT2D eigenvalue weighted by Gasteiger charge is -2.35. The van der Waals surface area contributed by atoms with Gasteiger partial charge in [-0.05, 0) is 30.7 Å². The third-order valence-corrected chi connectivity index (χ3v) is 5.57. The van der Waals surface area contributed by atoms with Crippen molar-refractivity contribution in [3.05, 3.63) is 54.0 Å². The maximum absolute atomic E-state index is 12.4. The Morgan fingerprint density at radius 1 is 1.09 bits per heavy atom. The Balaban J connectivity index is 1.22. The highest BCUT2D eigenvalue weighted by Gasteiger charge is 2.19. The quantitative estimate of drug-likeness (QED) is 0.527. The molecular formula is C23H30N8O2. The van der Waals surface area contributed by atoms with Crippen molar-refractivity contribution in [3.63, 3.8) is 0 Å². The molecule has 174 valence electrons. The standard InChI is InChI=1S/C23H30N8O2/c1-3-6-18-15-19(26-25-18)16-29(2)23(32)17-33-22-9-8-21(27-28-22)31-13-11-30(12-14-31)20-7-4-5-10-24-20/h4-5,7-10,15H,3,6,11-14,16-17H2,1-2H3,(H,25,26). The first-order chi connectivity index (χ1) is 16.1. The molecule has 1 aliphatic heterocycles. The summed E-state index contributed by atoms with van der Waals surface area (Å²) >= 11 is 0. The Morgan fingerprint density at radius 3 is 2.55 bits per heavy atom. The van der Waals surface area contributed by atoms with Crippen LogP contribution < -0.4 is 14.5 Å². The summed E-state index contributed by atoms with van der Waals surface area (Å²) in [5, 5.41) is 15.7. The van der Waals surface area contributed by atoms with Crippen LogP contribution in [-0.2, 0) is 17.8 Å². The summed E-state index contributed by atoms with van der Waals surface area (Å²) in [4.78, 5) is 22.9. The van der Waals surface area contributed by atoms with Gasteiger partial charge in [0.1, 0.15) is 5.82 Å².